The largest absolute Gasteiger partial charge is 0.467 e. The van der Waals surface area contributed by atoms with E-state index in [1.165, 1.54) is 4.90 Å². The van der Waals surface area contributed by atoms with Crippen LogP contribution in [0, 0.1) is 0 Å². The molecule has 0 unspecified atom stereocenters. The maximum atomic E-state index is 13.0. The average molecular weight is 493 g/mol. The Kier molecular flexibility index (Phi) is 8.28. The Hall–Kier alpha value is -3.67. The fourth-order valence-corrected chi connectivity index (χ4v) is 4.00. The highest BCUT2D eigenvalue weighted by Gasteiger charge is 2.56. The Morgan fingerprint density at radius 1 is 0.829 bits per heavy atom. The number of amides is 1. The van der Waals surface area contributed by atoms with E-state index in [-0.39, 0.29) is 6.54 Å². The van der Waals surface area contributed by atoms with Gasteiger partial charge in [-0.2, -0.15) is 0 Å². The molecule has 35 heavy (non-hydrogen) atoms. The molecule has 1 amide bonds. The van der Waals surface area contributed by atoms with Crippen molar-refractivity contribution in [2.75, 3.05) is 13.7 Å². The standard InChI is InChI=1S/C23H27NO11/c1-12(25)31-17-18(32-13(2)26)20(33-14(3)27)22(34-19(17)21(28)30-4)35-23(29)24-10-9-15-7-5-6-8-16(15)11-24/h5-8,17-20,22H,9-11H2,1-4H3/t17-,18-,19-,20+,22-/m0/s1. The number of methoxy groups -OCH3 is 1. The second-order valence-corrected chi connectivity index (χ2v) is 7.99. The molecule has 2 aliphatic rings. The van der Waals surface area contributed by atoms with Gasteiger partial charge in [-0.25, -0.2) is 9.59 Å². The van der Waals surface area contributed by atoms with Crippen LogP contribution in [-0.2, 0) is 60.6 Å². The normalized spacial score (nSPS) is 25.5. The van der Waals surface area contributed by atoms with E-state index in [1.807, 2.05) is 24.3 Å². The molecule has 1 aromatic carbocycles. The van der Waals surface area contributed by atoms with Crippen molar-refractivity contribution < 1.29 is 52.4 Å². The number of hydrogen-bond donors (Lipinski definition) is 0. The minimum absolute atomic E-state index is 0.268. The van der Waals surface area contributed by atoms with Crippen molar-refractivity contribution in [2.45, 2.75) is 64.4 Å². The van der Waals surface area contributed by atoms with Crippen molar-refractivity contribution in [1.82, 2.24) is 4.90 Å². The second kappa shape index (κ2) is 11.2. The summed E-state index contributed by atoms with van der Waals surface area (Å²) in [4.78, 5) is 62.3. The van der Waals surface area contributed by atoms with Gasteiger partial charge in [-0.15, -0.1) is 0 Å². The van der Waals surface area contributed by atoms with E-state index < -0.39 is 60.7 Å². The predicted molar refractivity (Wildman–Crippen MR) is 114 cm³/mol. The molecule has 1 fully saturated rings. The number of nitrogens with zero attached hydrogens (tertiary/aromatic N) is 1. The summed E-state index contributed by atoms with van der Waals surface area (Å²) in [6, 6.07) is 7.63. The molecule has 0 N–H and O–H groups in total. The van der Waals surface area contributed by atoms with Gasteiger partial charge >= 0.3 is 30.0 Å². The Bertz CT molecular complexity index is 993. The first-order valence-electron chi connectivity index (χ1n) is 10.9. The Morgan fingerprint density at radius 2 is 1.40 bits per heavy atom. The zero-order valence-electron chi connectivity index (χ0n) is 19.8. The van der Waals surface area contributed by atoms with Crippen molar-refractivity contribution in [3.63, 3.8) is 0 Å². The number of carbonyl (C=O) groups excluding carboxylic acids is 5. The van der Waals surface area contributed by atoms with E-state index in [0.29, 0.717) is 13.0 Å². The van der Waals surface area contributed by atoms with Crippen LogP contribution in [0.2, 0.25) is 0 Å². The van der Waals surface area contributed by atoms with Crippen LogP contribution in [0.25, 0.3) is 0 Å². The van der Waals surface area contributed by atoms with Gasteiger partial charge in [-0.1, -0.05) is 24.3 Å². The van der Waals surface area contributed by atoms with Gasteiger partial charge in [0, 0.05) is 33.9 Å². The first-order chi connectivity index (χ1) is 16.6. The van der Waals surface area contributed by atoms with Crippen LogP contribution in [0.1, 0.15) is 31.9 Å². The predicted octanol–water partition coefficient (Wildman–Crippen LogP) is 0.874. The maximum Gasteiger partial charge on any atom is 0.412 e. The molecule has 12 nitrogen and oxygen atoms in total. The average Bonchev–Trinajstić information content (AvgIpc) is 2.80. The number of ether oxygens (including phenoxy) is 6. The van der Waals surface area contributed by atoms with E-state index in [4.69, 9.17) is 28.4 Å². The van der Waals surface area contributed by atoms with Gasteiger partial charge in [0.05, 0.1) is 7.11 Å². The topological polar surface area (TPSA) is 144 Å². The highest BCUT2D eigenvalue weighted by atomic mass is 16.8. The monoisotopic (exact) mass is 493 g/mol. The van der Waals surface area contributed by atoms with Crippen LogP contribution in [0.15, 0.2) is 24.3 Å². The highest BCUT2D eigenvalue weighted by Crippen LogP contribution is 2.31. The lowest BCUT2D eigenvalue weighted by molar-refractivity contribution is -0.289. The zero-order valence-corrected chi connectivity index (χ0v) is 19.8. The summed E-state index contributed by atoms with van der Waals surface area (Å²) in [5, 5.41) is 0. The Balaban J connectivity index is 1.90. The van der Waals surface area contributed by atoms with E-state index in [2.05, 4.69) is 0 Å². The molecule has 0 radical (unpaired) electrons. The third-order valence-electron chi connectivity index (χ3n) is 5.44. The van der Waals surface area contributed by atoms with Crippen LogP contribution in [0.4, 0.5) is 4.79 Å². The van der Waals surface area contributed by atoms with Crippen molar-refractivity contribution in [3.05, 3.63) is 35.4 Å². The molecule has 0 aliphatic carbocycles. The highest BCUT2D eigenvalue weighted by molar-refractivity contribution is 5.77. The van der Waals surface area contributed by atoms with Crippen molar-refractivity contribution >= 4 is 30.0 Å². The molecule has 2 heterocycles. The number of carbonyl (C=O) groups is 5. The minimum atomic E-state index is -1.68. The summed E-state index contributed by atoms with van der Waals surface area (Å²) in [5.74, 6) is -3.45. The fraction of sp³-hybridized carbons (Fsp3) is 0.522. The summed E-state index contributed by atoms with van der Waals surface area (Å²) < 4.78 is 31.5. The lowest BCUT2D eigenvalue weighted by Crippen LogP contribution is -2.64. The smallest absolute Gasteiger partial charge is 0.412 e. The molecule has 12 heteroatoms. The van der Waals surface area contributed by atoms with Gasteiger partial charge in [-0.05, 0) is 17.5 Å². The lowest BCUT2D eigenvalue weighted by Gasteiger charge is -2.43. The molecular formula is C23H27NO11. The molecule has 0 spiro atoms. The molecule has 3 rings (SSSR count). The Labute approximate surface area is 201 Å². The maximum absolute atomic E-state index is 13.0. The third kappa shape index (κ3) is 6.27. The third-order valence-corrected chi connectivity index (χ3v) is 5.44. The van der Waals surface area contributed by atoms with Gasteiger partial charge in [0.1, 0.15) is 0 Å². The quantitative estimate of drug-likeness (QED) is 0.426. The van der Waals surface area contributed by atoms with E-state index >= 15 is 0 Å². The summed E-state index contributed by atoms with van der Waals surface area (Å²) in [5.41, 5.74) is 2.05. The number of rotatable bonds is 5. The molecule has 0 saturated carbocycles. The van der Waals surface area contributed by atoms with Gasteiger partial charge in [0.15, 0.2) is 18.3 Å². The number of fused-ring (bicyclic) bond motifs is 1. The second-order valence-electron chi connectivity index (χ2n) is 7.99. The molecule has 1 aromatic rings. The fourth-order valence-electron chi connectivity index (χ4n) is 4.00. The SMILES string of the molecule is COC(=O)[C@H]1O[C@@H](OC(=O)N2CCc3ccccc3C2)[C@H](OC(C)=O)[C@@H](OC(C)=O)[C@@H]1OC(C)=O. The molecular weight excluding hydrogens is 466 g/mol. The van der Waals surface area contributed by atoms with Crippen LogP contribution >= 0.6 is 0 Å². The lowest BCUT2D eigenvalue weighted by atomic mass is 9.97. The van der Waals surface area contributed by atoms with E-state index in [0.717, 1.165) is 39.0 Å². The summed E-state index contributed by atoms with van der Waals surface area (Å²) >= 11 is 0. The minimum Gasteiger partial charge on any atom is -0.467 e. The van der Waals surface area contributed by atoms with Crippen LogP contribution in [0.3, 0.4) is 0 Å². The number of esters is 4. The zero-order chi connectivity index (χ0) is 25.7. The molecule has 190 valence electrons. The van der Waals surface area contributed by atoms with E-state index in [1.54, 1.807) is 0 Å². The number of hydrogen-bond acceptors (Lipinski definition) is 11. The molecule has 2 aliphatic heterocycles. The molecule has 0 bridgehead atoms. The van der Waals surface area contributed by atoms with Gasteiger partial charge in [-0.3, -0.25) is 14.4 Å². The first-order valence-corrected chi connectivity index (χ1v) is 10.9. The molecule has 0 aromatic heterocycles. The van der Waals surface area contributed by atoms with Gasteiger partial charge in [0.25, 0.3) is 0 Å². The summed E-state index contributed by atoms with van der Waals surface area (Å²) in [6.45, 7) is 3.85. The van der Waals surface area contributed by atoms with Crippen LogP contribution in [-0.4, -0.2) is 79.2 Å². The van der Waals surface area contributed by atoms with Gasteiger partial charge < -0.3 is 33.3 Å². The van der Waals surface area contributed by atoms with Gasteiger partial charge in [0.2, 0.25) is 12.4 Å². The summed E-state index contributed by atoms with van der Waals surface area (Å²) in [7, 11) is 1.07. The summed E-state index contributed by atoms with van der Waals surface area (Å²) in [6.07, 6.45) is -8.13. The first kappa shape index (κ1) is 25.9. The van der Waals surface area contributed by atoms with E-state index in [9.17, 15) is 24.0 Å². The molecule has 5 atom stereocenters. The van der Waals surface area contributed by atoms with Crippen LogP contribution < -0.4 is 0 Å². The van der Waals surface area contributed by atoms with Crippen molar-refractivity contribution in [1.29, 1.82) is 0 Å². The van der Waals surface area contributed by atoms with Crippen molar-refractivity contribution in [2.24, 2.45) is 0 Å². The van der Waals surface area contributed by atoms with Crippen molar-refractivity contribution in [3.8, 4) is 0 Å². The Morgan fingerprint density at radius 3 is 2.00 bits per heavy atom. The number of benzene rings is 1. The van der Waals surface area contributed by atoms with Crippen LogP contribution in [0.5, 0.6) is 0 Å². The molecule has 1 saturated heterocycles.